The van der Waals surface area contributed by atoms with Gasteiger partial charge >= 0.3 is 0 Å². The van der Waals surface area contributed by atoms with Crippen LogP contribution in [0.2, 0.25) is 0 Å². The molecule has 2 unspecified atom stereocenters. The second-order valence-electron chi connectivity index (χ2n) is 3.61. The van der Waals surface area contributed by atoms with E-state index in [9.17, 15) is 0 Å². The van der Waals surface area contributed by atoms with E-state index in [0.717, 1.165) is 6.54 Å². The average Bonchev–Trinajstić information content (AvgIpc) is 2.56. The Morgan fingerprint density at radius 3 is 2.69 bits per heavy atom. The van der Waals surface area contributed by atoms with Crippen LogP contribution < -0.4 is 5.32 Å². The second-order valence-corrected chi connectivity index (χ2v) is 3.61. The molecule has 1 N–H and O–H groups in total. The van der Waals surface area contributed by atoms with Gasteiger partial charge in [0, 0.05) is 24.5 Å². The first-order valence-electron chi connectivity index (χ1n) is 4.95. The monoisotopic (exact) mass is 181 g/mol. The lowest BCUT2D eigenvalue weighted by molar-refractivity contribution is 0.401. The summed E-state index contributed by atoms with van der Waals surface area (Å²) in [6.45, 7) is 7.53. The minimum atomic E-state index is 0.481. The summed E-state index contributed by atoms with van der Waals surface area (Å²) in [7, 11) is 0. The molecule has 0 saturated heterocycles. The molecule has 0 amide bonds. The van der Waals surface area contributed by atoms with Crippen LogP contribution in [-0.4, -0.2) is 21.9 Å². The van der Waals surface area contributed by atoms with E-state index in [0.29, 0.717) is 12.1 Å². The molecule has 74 valence electrons. The zero-order chi connectivity index (χ0) is 9.68. The number of nitrogens with zero attached hydrogens (tertiary/aromatic N) is 2. The summed E-state index contributed by atoms with van der Waals surface area (Å²) < 4.78 is 1.96. The van der Waals surface area contributed by atoms with E-state index in [1.54, 1.807) is 0 Å². The van der Waals surface area contributed by atoms with E-state index in [-0.39, 0.29) is 0 Å². The Bertz CT molecular complexity index is 218. The lowest BCUT2D eigenvalue weighted by Gasteiger charge is -2.18. The maximum absolute atomic E-state index is 4.17. The SMILES string of the molecule is CCC(C)NC(C)Cn1cccn1. The summed E-state index contributed by atoms with van der Waals surface area (Å²) in [5, 5.41) is 7.67. The Morgan fingerprint density at radius 2 is 2.15 bits per heavy atom. The van der Waals surface area contributed by atoms with Crippen molar-refractivity contribution >= 4 is 0 Å². The summed E-state index contributed by atoms with van der Waals surface area (Å²) in [6, 6.07) is 3.02. The Hall–Kier alpha value is -0.830. The molecule has 1 aromatic rings. The molecule has 1 heterocycles. The molecule has 0 fully saturated rings. The summed E-state index contributed by atoms with van der Waals surface area (Å²) in [6.07, 6.45) is 4.98. The summed E-state index contributed by atoms with van der Waals surface area (Å²) in [4.78, 5) is 0. The van der Waals surface area contributed by atoms with Gasteiger partial charge in [-0.3, -0.25) is 4.68 Å². The molecule has 1 aromatic heterocycles. The maximum atomic E-state index is 4.17. The highest BCUT2D eigenvalue weighted by atomic mass is 15.3. The third kappa shape index (κ3) is 3.59. The van der Waals surface area contributed by atoms with E-state index in [1.807, 2.05) is 23.1 Å². The van der Waals surface area contributed by atoms with Crippen molar-refractivity contribution in [3.8, 4) is 0 Å². The molecule has 0 radical (unpaired) electrons. The van der Waals surface area contributed by atoms with Crippen LogP contribution in [0, 0.1) is 0 Å². The molecule has 3 nitrogen and oxygen atoms in total. The van der Waals surface area contributed by atoms with Gasteiger partial charge < -0.3 is 5.32 Å². The van der Waals surface area contributed by atoms with Crippen LogP contribution in [0.25, 0.3) is 0 Å². The summed E-state index contributed by atoms with van der Waals surface area (Å²) >= 11 is 0. The molecule has 0 saturated carbocycles. The Kier molecular flexibility index (Phi) is 3.96. The standard InChI is InChI=1S/C10H19N3/c1-4-9(2)12-10(3)8-13-7-5-6-11-13/h5-7,9-10,12H,4,8H2,1-3H3. The summed E-state index contributed by atoms with van der Waals surface area (Å²) in [5.74, 6) is 0. The highest BCUT2D eigenvalue weighted by Crippen LogP contribution is 1.95. The number of aromatic nitrogens is 2. The van der Waals surface area contributed by atoms with Gasteiger partial charge in [-0.25, -0.2) is 0 Å². The van der Waals surface area contributed by atoms with E-state index >= 15 is 0 Å². The average molecular weight is 181 g/mol. The van der Waals surface area contributed by atoms with Crippen LogP contribution in [0.1, 0.15) is 27.2 Å². The van der Waals surface area contributed by atoms with E-state index in [2.05, 4.69) is 31.2 Å². The van der Waals surface area contributed by atoms with Gasteiger partial charge in [-0.1, -0.05) is 6.92 Å². The largest absolute Gasteiger partial charge is 0.310 e. The number of hydrogen-bond acceptors (Lipinski definition) is 2. The van der Waals surface area contributed by atoms with E-state index in [1.165, 1.54) is 6.42 Å². The zero-order valence-electron chi connectivity index (χ0n) is 8.70. The highest BCUT2D eigenvalue weighted by Gasteiger charge is 2.05. The number of hydrogen-bond donors (Lipinski definition) is 1. The van der Waals surface area contributed by atoms with Crippen LogP contribution in [0.15, 0.2) is 18.5 Å². The molecule has 0 spiro atoms. The van der Waals surface area contributed by atoms with Crippen LogP contribution in [0.3, 0.4) is 0 Å². The molecule has 13 heavy (non-hydrogen) atoms. The highest BCUT2D eigenvalue weighted by molar-refractivity contribution is 4.79. The minimum absolute atomic E-state index is 0.481. The van der Waals surface area contributed by atoms with Gasteiger partial charge in [-0.05, 0) is 26.3 Å². The smallest absolute Gasteiger partial charge is 0.0560 e. The van der Waals surface area contributed by atoms with Crippen molar-refractivity contribution in [3.63, 3.8) is 0 Å². The molecule has 0 aromatic carbocycles. The first-order chi connectivity index (χ1) is 6.22. The van der Waals surface area contributed by atoms with Crippen molar-refractivity contribution in [2.45, 2.75) is 45.8 Å². The lowest BCUT2D eigenvalue weighted by atomic mass is 10.2. The van der Waals surface area contributed by atoms with Crippen LogP contribution >= 0.6 is 0 Å². The van der Waals surface area contributed by atoms with Gasteiger partial charge in [-0.2, -0.15) is 5.10 Å². The Morgan fingerprint density at radius 1 is 1.38 bits per heavy atom. The van der Waals surface area contributed by atoms with E-state index < -0.39 is 0 Å². The van der Waals surface area contributed by atoms with Gasteiger partial charge in [0.25, 0.3) is 0 Å². The second kappa shape index (κ2) is 5.02. The number of rotatable bonds is 5. The molecule has 0 aliphatic heterocycles. The quantitative estimate of drug-likeness (QED) is 0.748. The van der Waals surface area contributed by atoms with Gasteiger partial charge in [-0.15, -0.1) is 0 Å². The first kappa shape index (κ1) is 10.3. The van der Waals surface area contributed by atoms with Crippen molar-refractivity contribution < 1.29 is 0 Å². The van der Waals surface area contributed by atoms with Gasteiger partial charge in [0.15, 0.2) is 0 Å². The maximum Gasteiger partial charge on any atom is 0.0560 e. The van der Waals surface area contributed by atoms with Gasteiger partial charge in [0.2, 0.25) is 0 Å². The molecule has 0 bridgehead atoms. The number of nitrogens with one attached hydrogen (secondary N) is 1. The molecular formula is C10H19N3. The predicted molar refractivity (Wildman–Crippen MR) is 54.6 cm³/mol. The van der Waals surface area contributed by atoms with Crippen molar-refractivity contribution in [2.24, 2.45) is 0 Å². The third-order valence-corrected chi connectivity index (χ3v) is 2.20. The van der Waals surface area contributed by atoms with Crippen molar-refractivity contribution in [3.05, 3.63) is 18.5 Å². The van der Waals surface area contributed by atoms with Crippen LogP contribution in [-0.2, 0) is 6.54 Å². The van der Waals surface area contributed by atoms with Crippen molar-refractivity contribution in [1.82, 2.24) is 15.1 Å². The van der Waals surface area contributed by atoms with Gasteiger partial charge in [0.1, 0.15) is 0 Å². The molecular weight excluding hydrogens is 162 g/mol. The van der Waals surface area contributed by atoms with Crippen LogP contribution in [0.5, 0.6) is 0 Å². The topological polar surface area (TPSA) is 29.9 Å². The fourth-order valence-corrected chi connectivity index (χ4v) is 1.35. The predicted octanol–water partition coefficient (Wildman–Crippen LogP) is 1.66. The van der Waals surface area contributed by atoms with Crippen LogP contribution in [0.4, 0.5) is 0 Å². The Labute approximate surface area is 80.1 Å². The van der Waals surface area contributed by atoms with Gasteiger partial charge in [0.05, 0.1) is 6.54 Å². The molecule has 0 aliphatic carbocycles. The Balaban J connectivity index is 2.29. The van der Waals surface area contributed by atoms with E-state index in [4.69, 9.17) is 0 Å². The fraction of sp³-hybridized carbons (Fsp3) is 0.700. The minimum Gasteiger partial charge on any atom is -0.310 e. The zero-order valence-corrected chi connectivity index (χ0v) is 8.70. The lowest BCUT2D eigenvalue weighted by Crippen LogP contribution is -2.36. The van der Waals surface area contributed by atoms with Crippen molar-refractivity contribution in [1.29, 1.82) is 0 Å². The first-order valence-corrected chi connectivity index (χ1v) is 4.95. The molecule has 2 atom stereocenters. The fourth-order valence-electron chi connectivity index (χ4n) is 1.35. The normalized spacial score (nSPS) is 15.6. The summed E-state index contributed by atoms with van der Waals surface area (Å²) in [5.41, 5.74) is 0. The molecule has 1 rings (SSSR count). The van der Waals surface area contributed by atoms with Crippen molar-refractivity contribution in [2.75, 3.05) is 0 Å². The molecule has 0 aliphatic rings. The molecule has 3 heteroatoms. The third-order valence-electron chi connectivity index (χ3n) is 2.20.